The van der Waals surface area contributed by atoms with Crippen LogP contribution in [0.1, 0.15) is 5.56 Å². The predicted octanol–water partition coefficient (Wildman–Crippen LogP) is 2.27. The van der Waals surface area contributed by atoms with Gasteiger partial charge in [0.15, 0.2) is 5.65 Å². The number of aryl methyl sites for hydroxylation is 1. The van der Waals surface area contributed by atoms with E-state index in [0.29, 0.717) is 28.8 Å². The second kappa shape index (κ2) is 5.07. The van der Waals surface area contributed by atoms with Crippen LogP contribution in [-0.2, 0) is 13.6 Å². The van der Waals surface area contributed by atoms with Gasteiger partial charge in [-0.1, -0.05) is 17.7 Å². The average Bonchev–Trinajstić information content (AvgIpc) is 2.82. The van der Waals surface area contributed by atoms with Crippen molar-refractivity contribution in [2.75, 3.05) is 0 Å². The van der Waals surface area contributed by atoms with E-state index in [1.165, 1.54) is 6.33 Å². The van der Waals surface area contributed by atoms with Gasteiger partial charge in [-0.25, -0.2) is 9.97 Å². The molecule has 2 heterocycles. The Morgan fingerprint density at radius 1 is 1.35 bits per heavy atom. The van der Waals surface area contributed by atoms with E-state index in [-0.39, 0.29) is 0 Å². The second-order valence-electron chi connectivity index (χ2n) is 4.24. The number of halogens is 1. The van der Waals surface area contributed by atoms with E-state index in [0.717, 1.165) is 10.9 Å². The lowest BCUT2D eigenvalue weighted by molar-refractivity contribution is 0.462. The molecule has 0 spiro atoms. The molecule has 0 aliphatic rings. The number of nitrogens with two attached hydrogens (primary N) is 1. The van der Waals surface area contributed by atoms with Gasteiger partial charge >= 0.3 is 0 Å². The van der Waals surface area contributed by atoms with Gasteiger partial charge in [-0.3, -0.25) is 4.68 Å². The molecule has 102 valence electrons. The first-order chi connectivity index (χ1) is 9.69. The standard InChI is InChI=1S/C13H12ClN5O/c1-19-12-10(6-18-19)13(17-7-16-12)20-11-4-9(14)3-2-8(11)5-15/h2-4,6-7H,5,15H2,1H3. The van der Waals surface area contributed by atoms with E-state index in [9.17, 15) is 0 Å². The highest BCUT2D eigenvalue weighted by Gasteiger charge is 2.12. The maximum absolute atomic E-state index is 5.99. The van der Waals surface area contributed by atoms with Crippen LogP contribution in [0.2, 0.25) is 5.02 Å². The maximum Gasteiger partial charge on any atom is 0.233 e. The minimum absolute atomic E-state index is 0.355. The van der Waals surface area contributed by atoms with Crippen molar-refractivity contribution in [3.63, 3.8) is 0 Å². The van der Waals surface area contributed by atoms with E-state index >= 15 is 0 Å². The minimum atomic E-state index is 0.355. The smallest absolute Gasteiger partial charge is 0.233 e. The Morgan fingerprint density at radius 2 is 2.20 bits per heavy atom. The van der Waals surface area contributed by atoms with Crippen molar-refractivity contribution in [3.05, 3.63) is 41.3 Å². The second-order valence-corrected chi connectivity index (χ2v) is 4.68. The molecule has 2 aromatic heterocycles. The number of benzene rings is 1. The van der Waals surface area contributed by atoms with Crippen LogP contribution < -0.4 is 10.5 Å². The summed E-state index contributed by atoms with van der Waals surface area (Å²) < 4.78 is 7.50. The molecule has 2 N–H and O–H groups in total. The van der Waals surface area contributed by atoms with Crippen molar-refractivity contribution in [2.24, 2.45) is 12.8 Å². The third kappa shape index (κ3) is 2.19. The maximum atomic E-state index is 5.99. The van der Waals surface area contributed by atoms with Gasteiger partial charge in [0, 0.05) is 24.2 Å². The molecule has 0 aliphatic carbocycles. The van der Waals surface area contributed by atoms with E-state index in [2.05, 4.69) is 15.1 Å². The summed E-state index contributed by atoms with van der Waals surface area (Å²) in [5.74, 6) is 1.02. The van der Waals surface area contributed by atoms with Crippen molar-refractivity contribution in [3.8, 4) is 11.6 Å². The first kappa shape index (κ1) is 12.8. The number of fused-ring (bicyclic) bond motifs is 1. The summed E-state index contributed by atoms with van der Waals surface area (Å²) in [7, 11) is 1.81. The number of nitrogens with zero attached hydrogens (tertiary/aromatic N) is 4. The van der Waals surface area contributed by atoms with Crippen LogP contribution >= 0.6 is 11.6 Å². The molecule has 0 amide bonds. The summed E-state index contributed by atoms with van der Waals surface area (Å²) in [5, 5.41) is 5.45. The van der Waals surface area contributed by atoms with Gasteiger partial charge < -0.3 is 10.5 Å². The quantitative estimate of drug-likeness (QED) is 0.800. The topological polar surface area (TPSA) is 78.9 Å². The fourth-order valence-corrected chi connectivity index (χ4v) is 2.08. The molecule has 1 aromatic carbocycles. The van der Waals surface area contributed by atoms with Crippen molar-refractivity contribution in [1.29, 1.82) is 0 Å². The largest absolute Gasteiger partial charge is 0.438 e. The van der Waals surface area contributed by atoms with E-state index in [1.807, 2.05) is 13.1 Å². The molecule has 7 heteroatoms. The van der Waals surface area contributed by atoms with Crippen LogP contribution in [0.4, 0.5) is 0 Å². The molecule has 0 unspecified atom stereocenters. The van der Waals surface area contributed by atoms with Crippen molar-refractivity contribution >= 4 is 22.6 Å². The zero-order valence-electron chi connectivity index (χ0n) is 10.7. The van der Waals surface area contributed by atoms with E-state index in [1.54, 1.807) is 23.0 Å². The molecular weight excluding hydrogens is 278 g/mol. The highest BCUT2D eigenvalue weighted by atomic mass is 35.5. The van der Waals surface area contributed by atoms with Crippen molar-refractivity contribution in [2.45, 2.75) is 6.54 Å². The monoisotopic (exact) mass is 289 g/mol. The Balaban J connectivity index is 2.07. The Bertz CT molecular complexity index is 771. The number of rotatable bonds is 3. The zero-order valence-corrected chi connectivity index (χ0v) is 11.5. The fraction of sp³-hybridized carbons (Fsp3) is 0.154. The highest BCUT2D eigenvalue weighted by Crippen LogP contribution is 2.30. The summed E-state index contributed by atoms with van der Waals surface area (Å²) in [6.45, 7) is 0.355. The molecule has 6 nitrogen and oxygen atoms in total. The number of aromatic nitrogens is 4. The Morgan fingerprint density at radius 3 is 3.00 bits per heavy atom. The van der Waals surface area contributed by atoms with Crippen molar-refractivity contribution < 1.29 is 4.74 Å². The van der Waals surface area contributed by atoms with Crippen LogP contribution in [0.25, 0.3) is 11.0 Å². The van der Waals surface area contributed by atoms with Crippen LogP contribution in [0.15, 0.2) is 30.7 Å². The number of hydrogen-bond acceptors (Lipinski definition) is 5. The molecule has 0 saturated carbocycles. The predicted molar refractivity (Wildman–Crippen MR) is 75.7 cm³/mol. The van der Waals surface area contributed by atoms with Crippen LogP contribution in [0.5, 0.6) is 11.6 Å². The minimum Gasteiger partial charge on any atom is -0.438 e. The van der Waals surface area contributed by atoms with Gasteiger partial charge in [0.2, 0.25) is 5.88 Å². The van der Waals surface area contributed by atoms with E-state index < -0.39 is 0 Å². The lowest BCUT2D eigenvalue weighted by Gasteiger charge is -2.10. The first-order valence-corrected chi connectivity index (χ1v) is 6.36. The average molecular weight is 290 g/mol. The summed E-state index contributed by atoms with van der Waals surface area (Å²) in [4.78, 5) is 8.31. The third-order valence-corrected chi connectivity index (χ3v) is 3.18. The lowest BCUT2D eigenvalue weighted by atomic mass is 10.2. The third-order valence-electron chi connectivity index (χ3n) is 2.95. The Labute approximate surface area is 120 Å². The van der Waals surface area contributed by atoms with Crippen LogP contribution in [0.3, 0.4) is 0 Å². The summed E-state index contributed by atoms with van der Waals surface area (Å²) in [6.07, 6.45) is 3.10. The lowest BCUT2D eigenvalue weighted by Crippen LogP contribution is -2.00. The number of ether oxygens (including phenoxy) is 1. The summed E-state index contributed by atoms with van der Waals surface area (Å²) >= 11 is 5.99. The van der Waals surface area contributed by atoms with Gasteiger partial charge in [-0.2, -0.15) is 5.10 Å². The normalized spacial score (nSPS) is 10.9. The van der Waals surface area contributed by atoms with Gasteiger partial charge in [0.1, 0.15) is 17.5 Å². The molecule has 0 bridgehead atoms. The molecule has 0 saturated heterocycles. The molecular formula is C13H12ClN5O. The molecule has 0 radical (unpaired) electrons. The number of hydrogen-bond donors (Lipinski definition) is 1. The summed E-state index contributed by atoms with van der Waals surface area (Å²) in [5.41, 5.74) is 7.25. The van der Waals surface area contributed by atoms with Gasteiger partial charge in [0.25, 0.3) is 0 Å². The van der Waals surface area contributed by atoms with E-state index in [4.69, 9.17) is 22.1 Å². The van der Waals surface area contributed by atoms with Gasteiger partial charge in [-0.15, -0.1) is 0 Å². The van der Waals surface area contributed by atoms with Gasteiger partial charge in [0.05, 0.1) is 6.20 Å². The zero-order chi connectivity index (χ0) is 14.1. The molecule has 0 atom stereocenters. The molecule has 0 aliphatic heterocycles. The first-order valence-electron chi connectivity index (χ1n) is 5.98. The highest BCUT2D eigenvalue weighted by molar-refractivity contribution is 6.30. The SMILES string of the molecule is Cn1ncc2c(Oc3cc(Cl)ccc3CN)ncnc21. The van der Waals surface area contributed by atoms with Crippen molar-refractivity contribution in [1.82, 2.24) is 19.7 Å². The van der Waals surface area contributed by atoms with Gasteiger partial charge in [-0.05, 0) is 12.1 Å². The summed E-state index contributed by atoms with van der Waals surface area (Å²) in [6, 6.07) is 5.32. The molecule has 0 fully saturated rings. The Kier molecular flexibility index (Phi) is 3.25. The fourth-order valence-electron chi connectivity index (χ4n) is 1.92. The molecule has 20 heavy (non-hydrogen) atoms. The molecule has 3 rings (SSSR count). The van der Waals surface area contributed by atoms with Crippen LogP contribution in [-0.4, -0.2) is 19.7 Å². The van der Waals surface area contributed by atoms with Crippen LogP contribution in [0, 0.1) is 0 Å². The molecule has 3 aromatic rings. The Hall–Kier alpha value is -2.18.